The largest absolute Gasteiger partial charge is 0.472 e. The van der Waals surface area contributed by atoms with Gasteiger partial charge in [-0.25, -0.2) is 9.13 Å². The molecule has 19 heteroatoms. The van der Waals surface area contributed by atoms with E-state index in [9.17, 15) is 43.2 Å². The van der Waals surface area contributed by atoms with Crippen molar-refractivity contribution < 1.29 is 80.2 Å². The summed E-state index contributed by atoms with van der Waals surface area (Å²) in [6.45, 7) is 4.46. The Morgan fingerprint density at radius 2 is 0.481 bits per heavy atom. The molecule has 0 rings (SSSR count). The van der Waals surface area contributed by atoms with E-state index < -0.39 is 97.5 Å². The molecule has 0 bridgehead atoms. The third-order valence-electron chi connectivity index (χ3n) is 17.0. The maximum Gasteiger partial charge on any atom is 0.472 e. The molecular weight excluding hydrogens is 1400 g/mol. The summed E-state index contributed by atoms with van der Waals surface area (Å²) in [5.74, 6) is -2.24. The predicted octanol–water partition coefficient (Wildman–Crippen LogP) is 24.8. The van der Waals surface area contributed by atoms with E-state index in [1.807, 2.05) is 0 Å². The number of ether oxygens (including phenoxy) is 4. The van der Waals surface area contributed by atoms with Crippen molar-refractivity contribution in [1.29, 1.82) is 0 Å². The second-order valence-electron chi connectivity index (χ2n) is 27.3. The quantitative estimate of drug-likeness (QED) is 0.0169. The van der Waals surface area contributed by atoms with Gasteiger partial charge in [0.05, 0.1) is 26.4 Å². The van der Waals surface area contributed by atoms with Crippen molar-refractivity contribution in [3.8, 4) is 0 Å². The van der Waals surface area contributed by atoms with E-state index in [0.717, 1.165) is 225 Å². The van der Waals surface area contributed by atoms with E-state index in [4.69, 9.17) is 37.0 Å². The van der Waals surface area contributed by atoms with E-state index in [2.05, 4.69) is 186 Å². The number of unbranched alkanes of at least 4 members (excludes halogenated alkanes) is 25. The normalized spacial score (nSPS) is 14.6. The molecule has 0 saturated carbocycles. The zero-order chi connectivity index (χ0) is 78.9. The molecule has 0 aromatic rings. The summed E-state index contributed by atoms with van der Waals surface area (Å²) < 4.78 is 68.7. The van der Waals surface area contributed by atoms with Gasteiger partial charge in [0.15, 0.2) is 12.2 Å². The molecule has 108 heavy (non-hydrogen) atoms. The number of aliphatic hydroxyl groups excluding tert-OH is 1. The minimum atomic E-state index is -5.00. The lowest BCUT2D eigenvalue weighted by molar-refractivity contribution is -0.161. The van der Waals surface area contributed by atoms with Gasteiger partial charge in [0, 0.05) is 25.7 Å². The van der Waals surface area contributed by atoms with Crippen LogP contribution in [0.3, 0.4) is 0 Å². The first-order valence-electron chi connectivity index (χ1n) is 41.7. The van der Waals surface area contributed by atoms with Gasteiger partial charge in [0.1, 0.15) is 19.3 Å². The number of carbonyl (C=O) groups excluding carboxylic acids is 4. The number of rotatable bonds is 77. The molecule has 0 aliphatic heterocycles. The molecule has 0 amide bonds. The molecule has 0 aliphatic carbocycles. The van der Waals surface area contributed by atoms with Crippen LogP contribution in [0.4, 0.5) is 0 Å². The van der Waals surface area contributed by atoms with Crippen molar-refractivity contribution in [2.45, 2.75) is 341 Å². The van der Waals surface area contributed by atoms with Crippen LogP contribution in [0.15, 0.2) is 158 Å². The van der Waals surface area contributed by atoms with E-state index >= 15 is 0 Å². The summed E-state index contributed by atoms with van der Waals surface area (Å²) in [5.41, 5.74) is 0. The lowest BCUT2D eigenvalue weighted by Gasteiger charge is -2.21. The zero-order valence-corrected chi connectivity index (χ0v) is 69.3. The third-order valence-corrected chi connectivity index (χ3v) is 18.9. The lowest BCUT2D eigenvalue weighted by atomic mass is 10.1. The van der Waals surface area contributed by atoms with E-state index in [-0.39, 0.29) is 25.7 Å². The van der Waals surface area contributed by atoms with Gasteiger partial charge in [-0.1, -0.05) is 288 Å². The molecular formula is C89H148O17P2. The van der Waals surface area contributed by atoms with Gasteiger partial charge >= 0.3 is 39.5 Å². The molecule has 17 nitrogen and oxygen atoms in total. The minimum absolute atomic E-state index is 0.0697. The van der Waals surface area contributed by atoms with Gasteiger partial charge < -0.3 is 33.8 Å². The Labute approximate surface area is 655 Å². The molecule has 0 fully saturated rings. The maximum atomic E-state index is 13.1. The Kier molecular flexibility index (Phi) is 75.8. The third kappa shape index (κ3) is 78.8. The smallest absolute Gasteiger partial charge is 0.462 e. The van der Waals surface area contributed by atoms with Gasteiger partial charge in [-0.3, -0.25) is 37.3 Å². The average molecular weight is 1550 g/mol. The van der Waals surface area contributed by atoms with Crippen LogP contribution in [0.25, 0.3) is 0 Å². The fraction of sp³-hybridized carbons (Fsp3) is 0.663. The number of carbonyl (C=O) groups is 4. The summed E-state index contributed by atoms with van der Waals surface area (Å²) in [6.07, 6.45) is 93.4. The van der Waals surface area contributed by atoms with Crippen molar-refractivity contribution in [2.75, 3.05) is 39.6 Å². The van der Waals surface area contributed by atoms with Gasteiger partial charge in [0.25, 0.3) is 0 Å². The molecule has 616 valence electrons. The fourth-order valence-corrected chi connectivity index (χ4v) is 12.3. The van der Waals surface area contributed by atoms with Crippen LogP contribution in [0.1, 0.15) is 323 Å². The van der Waals surface area contributed by atoms with Crippen molar-refractivity contribution in [1.82, 2.24) is 0 Å². The number of esters is 4. The molecule has 0 aromatic heterocycles. The first kappa shape index (κ1) is 103. The van der Waals surface area contributed by atoms with E-state index in [0.29, 0.717) is 25.7 Å². The Hall–Kier alpha value is -5.32. The second-order valence-corrected chi connectivity index (χ2v) is 30.2. The summed E-state index contributed by atoms with van der Waals surface area (Å²) >= 11 is 0. The predicted molar refractivity (Wildman–Crippen MR) is 445 cm³/mol. The monoisotopic (exact) mass is 1550 g/mol. The Morgan fingerprint density at radius 3 is 0.741 bits per heavy atom. The molecule has 0 aromatic carbocycles. The fourth-order valence-electron chi connectivity index (χ4n) is 10.7. The molecule has 0 radical (unpaired) electrons. The van der Waals surface area contributed by atoms with Crippen LogP contribution in [0.2, 0.25) is 0 Å². The summed E-state index contributed by atoms with van der Waals surface area (Å²) in [5, 5.41) is 10.7. The van der Waals surface area contributed by atoms with Crippen molar-refractivity contribution in [3.05, 3.63) is 158 Å². The standard InChI is InChI=1S/C89H148O17P2/c1-5-9-13-17-21-25-29-33-37-39-41-43-47-50-54-58-62-66-70-74-87(92)100-80-85(106-89(94)76-72-68-64-60-56-52-48-44-42-40-38-34-30-26-22-18-14-10-6-2)82-104-108(97,98)102-78-83(90)77-101-107(95,96)103-81-84(105-88(93)75-71-67-63-59-55-51-46-36-32-28-24-20-16-12-8-4)79-99-86(91)73-69-65-61-57-53-49-45-35-31-27-23-19-15-11-7-3/h9-11,13-15,21-28,33-38,41-46,83-85,90H,5-8,12,16-20,29-32,39-40,47-82H2,1-4H3,(H,95,96)(H,97,98)/b13-9-,14-10-,15-11-,25-21-,26-22-,27-23-,28-24-,37-33-,38-34-,43-41-,44-42-,45-35-,46-36-. The van der Waals surface area contributed by atoms with Gasteiger partial charge in [-0.15, -0.1) is 0 Å². The molecule has 3 N–H and O–H groups in total. The number of phosphoric acid groups is 2. The highest BCUT2D eigenvalue weighted by Gasteiger charge is 2.30. The number of allylic oxidation sites excluding steroid dienone is 26. The van der Waals surface area contributed by atoms with Gasteiger partial charge in [0.2, 0.25) is 0 Å². The first-order valence-corrected chi connectivity index (χ1v) is 44.7. The molecule has 5 atom stereocenters. The number of aliphatic hydroxyl groups is 1. The van der Waals surface area contributed by atoms with E-state index in [1.165, 1.54) is 19.3 Å². The van der Waals surface area contributed by atoms with Gasteiger partial charge in [-0.2, -0.15) is 0 Å². The average Bonchev–Trinajstić information content (AvgIpc) is 0.896. The van der Waals surface area contributed by atoms with Crippen molar-refractivity contribution in [2.24, 2.45) is 0 Å². The minimum Gasteiger partial charge on any atom is -0.462 e. The van der Waals surface area contributed by atoms with Crippen LogP contribution in [-0.2, 0) is 65.4 Å². The van der Waals surface area contributed by atoms with Crippen molar-refractivity contribution in [3.63, 3.8) is 0 Å². The number of phosphoric ester groups is 2. The number of hydrogen-bond acceptors (Lipinski definition) is 15. The summed E-state index contributed by atoms with van der Waals surface area (Å²) in [4.78, 5) is 73.2. The van der Waals surface area contributed by atoms with Crippen molar-refractivity contribution >= 4 is 39.5 Å². The van der Waals surface area contributed by atoms with Gasteiger partial charge in [-0.05, 0) is 167 Å². The van der Waals surface area contributed by atoms with Crippen LogP contribution in [0, 0.1) is 0 Å². The van der Waals surface area contributed by atoms with Crippen LogP contribution < -0.4 is 0 Å². The van der Waals surface area contributed by atoms with Crippen LogP contribution in [0.5, 0.6) is 0 Å². The lowest BCUT2D eigenvalue weighted by Crippen LogP contribution is -2.30. The number of hydrogen-bond donors (Lipinski definition) is 3. The van der Waals surface area contributed by atoms with Crippen LogP contribution >= 0.6 is 15.6 Å². The molecule has 0 saturated heterocycles. The molecule has 0 heterocycles. The topological polar surface area (TPSA) is 237 Å². The Morgan fingerprint density at radius 1 is 0.269 bits per heavy atom. The SMILES string of the molecule is CC/C=C\C/C=C\C/C=C\C/C=C\CCCCCCCCC(=O)OCC(COP(=O)(O)OCC(O)COP(=O)(O)OCC(COC(=O)CCCCCCC/C=C\C/C=C\C/C=C\CC)OC(=O)CCCCCCC/C=C\C/C=C\CCCCC)OC(=O)CCCCCCCC/C=C\C/C=C\C/C=C\C/C=C\CC. The molecule has 0 aliphatic rings. The highest BCUT2D eigenvalue weighted by molar-refractivity contribution is 7.47. The highest BCUT2D eigenvalue weighted by atomic mass is 31.2. The van der Waals surface area contributed by atoms with E-state index in [1.54, 1.807) is 0 Å². The Bertz CT molecular complexity index is 2660. The van der Waals surface area contributed by atoms with Crippen LogP contribution in [-0.4, -0.2) is 96.7 Å². The second kappa shape index (κ2) is 79.8. The zero-order valence-electron chi connectivity index (χ0n) is 67.5. The summed E-state index contributed by atoms with van der Waals surface area (Å²) in [7, 11) is -9.99. The molecule has 5 unspecified atom stereocenters. The maximum absolute atomic E-state index is 13.1. The summed E-state index contributed by atoms with van der Waals surface area (Å²) in [6, 6.07) is 0. The highest BCUT2D eigenvalue weighted by Crippen LogP contribution is 2.45. The Balaban J connectivity index is 5.43. The molecule has 0 spiro atoms. The first-order chi connectivity index (χ1) is 52.7.